The maximum atomic E-state index is 5.92. The fourth-order valence-electron chi connectivity index (χ4n) is 2.34. The monoisotopic (exact) mass is 289 g/mol. The van der Waals surface area contributed by atoms with Crippen LogP contribution in [0.4, 0.5) is 0 Å². The van der Waals surface area contributed by atoms with Crippen molar-refractivity contribution in [2.45, 2.75) is 25.9 Å². The molecule has 0 bridgehead atoms. The van der Waals surface area contributed by atoms with Gasteiger partial charge in [-0.05, 0) is 37.6 Å². The van der Waals surface area contributed by atoms with E-state index >= 15 is 0 Å². The zero-order chi connectivity index (χ0) is 14.5. The van der Waals surface area contributed by atoms with Gasteiger partial charge in [0, 0.05) is 22.7 Å². The second-order valence-corrected chi connectivity index (χ2v) is 5.34. The Labute approximate surface area is 125 Å². The van der Waals surface area contributed by atoms with Crippen LogP contribution in [0.1, 0.15) is 37.1 Å². The highest BCUT2D eigenvalue weighted by atomic mass is 35.5. The molecule has 0 saturated carbocycles. The van der Waals surface area contributed by atoms with Gasteiger partial charge in [-0.1, -0.05) is 41.9 Å². The van der Waals surface area contributed by atoms with Crippen LogP contribution in [0.2, 0.25) is 5.02 Å². The summed E-state index contributed by atoms with van der Waals surface area (Å²) in [5, 5.41) is 4.35. The van der Waals surface area contributed by atoms with E-state index in [0.29, 0.717) is 0 Å². The minimum atomic E-state index is 0.205. The number of para-hydroxylation sites is 1. The van der Waals surface area contributed by atoms with Crippen LogP contribution in [0.3, 0.4) is 0 Å². The summed E-state index contributed by atoms with van der Waals surface area (Å²) in [6, 6.07) is 16.5. The highest BCUT2D eigenvalue weighted by Crippen LogP contribution is 2.27. The number of hydrogen-bond donors (Lipinski definition) is 1. The topological polar surface area (TPSA) is 21.3 Å². The van der Waals surface area contributed by atoms with Crippen LogP contribution in [0, 0.1) is 0 Å². The van der Waals surface area contributed by atoms with Crippen molar-refractivity contribution in [3.05, 3.63) is 64.7 Å². The fourth-order valence-corrected chi connectivity index (χ4v) is 2.46. The summed E-state index contributed by atoms with van der Waals surface area (Å²) in [5.41, 5.74) is 2.38. The van der Waals surface area contributed by atoms with E-state index < -0.39 is 0 Å². The van der Waals surface area contributed by atoms with Crippen molar-refractivity contribution in [1.82, 2.24) is 5.32 Å². The number of ether oxygens (including phenoxy) is 1. The summed E-state index contributed by atoms with van der Waals surface area (Å²) in [6.45, 7) is 4.29. The molecule has 0 radical (unpaired) electrons. The number of rotatable bonds is 5. The number of benzene rings is 2. The Morgan fingerprint density at radius 2 is 1.60 bits per heavy atom. The molecule has 0 aliphatic carbocycles. The molecular formula is C17H20ClNO. The summed E-state index contributed by atoms with van der Waals surface area (Å²) in [6.07, 6.45) is 0. The third kappa shape index (κ3) is 3.53. The summed E-state index contributed by atoms with van der Waals surface area (Å²) in [7, 11) is 1.70. The standard InChI is InChI=1S/C17H20ClNO/c1-12(14-8-10-15(18)11-9-14)19-13(2)16-6-4-5-7-17(16)20-3/h4-13,19H,1-3H3. The molecule has 1 N–H and O–H groups in total. The van der Waals surface area contributed by atoms with Crippen LogP contribution >= 0.6 is 11.6 Å². The lowest BCUT2D eigenvalue weighted by Crippen LogP contribution is -2.22. The average Bonchev–Trinajstić information content (AvgIpc) is 2.47. The number of halogens is 1. The second kappa shape index (κ2) is 6.78. The lowest BCUT2D eigenvalue weighted by atomic mass is 10.0. The van der Waals surface area contributed by atoms with E-state index in [4.69, 9.17) is 16.3 Å². The zero-order valence-corrected chi connectivity index (χ0v) is 12.8. The van der Waals surface area contributed by atoms with E-state index in [-0.39, 0.29) is 12.1 Å². The number of nitrogens with one attached hydrogen (secondary N) is 1. The summed E-state index contributed by atoms with van der Waals surface area (Å²) >= 11 is 5.92. The van der Waals surface area contributed by atoms with Gasteiger partial charge in [-0.3, -0.25) is 0 Å². The van der Waals surface area contributed by atoms with Crippen LogP contribution in [-0.4, -0.2) is 7.11 Å². The van der Waals surface area contributed by atoms with E-state index in [0.717, 1.165) is 16.3 Å². The van der Waals surface area contributed by atoms with Crippen LogP contribution in [0.15, 0.2) is 48.5 Å². The fraction of sp³-hybridized carbons (Fsp3) is 0.294. The second-order valence-electron chi connectivity index (χ2n) is 4.90. The van der Waals surface area contributed by atoms with Crippen molar-refractivity contribution in [2.24, 2.45) is 0 Å². The maximum Gasteiger partial charge on any atom is 0.123 e. The Hall–Kier alpha value is -1.51. The summed E-state index contributed by atoms with van der Waals surface area (Å²) in [5.74, 6) is 0.913. The molecule has 106 valence electrons. The molecule has 2 unspecified atom stereocenters. The van der Waals surface area contributed by atoms with Gasteiger partial charge in [0.15, 0.2) is 0 Å². The lowest BCUT2D eigenvalue weighted by Gasteiger charge is -2.22. The minimum absolute atomic E-state index is 0.205. The molecule has 0 fully saturated rings. The van der Waals surface area contributed by atoms with Crippen molar-refractivity contribution in [2.75, 3.05) is 7.11 Å². The Bertz CT molecular complexity index is 553. The minimum Gasteiger partial charge on any atom is -0.496 e. The smallest absolute Gasteiger partial charge is 0.123 e. The van der Waals surface area contributed by atoms with Gasteiger partial charge in [-0.25, -0.2) is 0 Å². The molecule has 0 aromatic heterocycles. The quantitative estimate of drug-likeness (QED) is 0.857. The molecule has 2 nitrogen and oxygen atoms in total. The van der Waals surface area contributed by atoms with Gasteiger partial charge in [0.1, 0.15) is 5.75 Å². The molecule has 0 amide bonds. The SMILES string of the molecule is COc1ccccc1C(C)NC(C)c1ccc(Cl)cc1. The summed E-state index contributed by atoms with van der Waals surface area (Å²) < 4.78 is 5.41. The van der Waals surface area contributed by atoms with E-state index in [1.807, 2.05) is 30.3 Å². The molecule has 2 aromatic carbocycles. The Kier molecular flexibility index (Phi) is 5.05. The van der Waals surface area contributed by atoms with Gasteiger partial charge in [0.25, 0.3) is 0 Å². The molecule has 2 rings (SSSR count). The highest BCUT2D eigenvalue weighted by Gasteiger charge is 2.14. The van der Waals surface area contributed by atoms with E-state index in [9.17, 15) is 0 Å². The van der Waals surface area contributed by atoms with Crippen molar-refractivity contribution in [3.8, 4) is 5.75 Å². The predicted molar refractivity (Wildman–Crippen MR) is 84.4 cm³/mol. The molecule has 0 aliphatic rings. The van der Waals surface area contributed by atoms with Gasteiger partial charge in [-0.2, -0.15) is 0 Å². The van der Waals surface area contributed by atoms with Crippen molar-refractivity contribution in [3.63, 3.8) is 0 Å². The first-order valence-electron chi connectivity index (χ1n) is 6.76. The first kappa shape index (κ1) is 14.9. The molecule has 3 heteroatoms. The maximum absolute atomic E-state index is 5.92. The Balaban J connectivity index is 2.10. The molecule has 0 aliphatic heterocycles. The average molecular weight is 290 g/mol. The Morgan fingerprint density at radius 1 is 0.950 bits per heavy atom. The van der Waals surface area contributed by atoms with Crippen LogP contribution in [-0.2, 0) is 0 Å². The van der Waals surface area contributed by atoms with Gasteiger partial charge < -0.3 is 10.1 Å². The molecule has 0 saturated heterocycles. The van der Waals surface area contributed by atoms with Crippen LogP contribution in [0.5, 0.6) is 5.75 Å². The largest absolute Gasteiger partial charge is 0.496 e. The molecule has 0 spiro atoms. The summed E-state index contributed by atoms with van der Waals surface area (Å²) in [4.78, 5) is 0. The number of hydrogen-bond acceptors (Lipinski definition) is 2. The predicted octanol–water partition coefficient (Wildman–Crippen LogP) is 4.76. The van der Waals surface area contributed by atoms with E-state index in [2.05, 4.69) is 37.4 Å². The first-order valence-corrected chi connectivity index (χ1v) is 7.14. The molecular weight excluding hydrogens is 270 g/mol. The van der Waals surface area contributed by atoms with E-state index in [1.165, 1.54) is 5.56 Å². The zero-order valence-electron chi connectivity index (χ0n) is 12.1. The van der Waals surface area contributed by atoms with Crippen LogP contribution < -0.4 is 10.1 Å². The van der Waals surface area contributed by atoms with Gasteiger partial charge in [-0.15, -0.1) is 0 Å². The lowest BCUT2D eigenvalue weighted by molar-refractivity contribution is 0.396. The molecule has 20 heavy (non-hydrogen) atoms. The van der Waals surface area contributed by atoms with Crippen molar-refractivity contribution < 1.29 is 4.74 Å². The van der Waals surface area contributed by atoms with Crippen LogP contribution in [0.25, 0.3) is 0 Å². The molecule has 2 atom stereocenters. The van der Waals surface area contributed by atoms with Gasteiger partial charge in [0.05, 0.1) is 7.11 Å². The molecule has 0 heterocycles. The Morgan fingerprint density at radius 3 is 2.25 bits per heavy atom. The van der Waals surface area contributed by atoms with Gasteiger partial charge in [0.2, 0.25) is 0 Å². The third-order valence-corrected chi connectivity index (χ3v) is 3.73. The van der Waals surface area contributed by atoms with Crippen molar-refractivity contribution >= 4 is 11.6 Å². The third-order valence-electron chi connectivity index (χ3n) is 3.48. The molecule has 2 aromatic rings. The van der Waals surface area contributed by atoms with E-state index in [1.54, 1.807) is 7.11 Å². The van der Waals surface area contributed by atoms with Crippen molar-refractivity contribution in [1.29, 1.82) is 0 Å². The highest BCUT2D eigenvalue weighted by molar-refractivity contribution is 6.30. The number of methoxy groups -OCH3 is 1. The normalized spacial score (nSPS) is 13.8. The first-order chi connectivity index (χ1) is 9.61. The van der Waals surface area contributed by atoms with Gasteiger partial charge >= 0.3 is 0 Å².